The smallest absolute Gasteiger partial charge is 0.251 e. The Balaban J connectivity index is 1.74. The molecule has 7 nitrogen and oxygen atoms in total. The summed E-state index contributed by atoms with van der Waals surface area (Å²) in [6.07, 6.45) is 3.29. The molecule has 0 spiro atoms. The van der Waals surface area contributed by atoms with Crippen LogP contribution in [0.1, 0.15) is 53.8 Å². The Morgan fingerprint density at radius 1 is 1.07 bits per heavy atom. The van der Waals surface area contributed by atoms with Crippen molar-refractivity contribution in [2.24, 2.45) is 5.92 Å². The van der Waals surface area contributed by atoms with Gasteiger partial charge in [-0.1, -0.05) is 19.1 Å². The Morgan fingerprint density at radius 2 is 1.79 bits per heavy atom. The maximum Gasteiger partial charge on any atom is 0.251 e. The van der Waals surface area contributed by atoms with Gasteiger partial charge in [-0.3, -0.25) is 13.9 Å². The van der Waals surface area contributed by atoms with Crippen LogP contribution in [-0.4, -0.2) is 45.6 Å². The van der Waals surface area contributed by atoms with Crippen molar-refractivity contribution in [3.05, 3.63) is 77.6 Å². The number of fused-ring (bicyclic) bond motifs is 1. The molecule has 3 aromatic carbocycles. The quantitative estimate of drug-likeness (QED) is 0.194. The standard InChI is InChI=1S/C32H32F2N2O5S/c1-4-28(37)30-26-17-25(22-6-5-7-23(16-22)32(38)35-19(2)20-8-9-20)27(36(15-14-33)42(3,39)40)18-29(26)41-31(30)21-10-12-24(34)13-11-21/h5-7,10-13,16-20H,4,8-9,14-15H2,1-3H3,(H,35,38)/t19-/m0/s1. The number of furan rings is 1. The van der Waals surface area contributed by atoms with Gasteiger partial charge in [0.1, 0.15) is 23.8 Å². The van der Waals surface area contributed by atoms with Gasteiger partial charge in [-0.25, -0.2) is 17.2 Å². The fraction of sp³-hybridized carbons (Fsp3) is 0.312. The summed E-state index contributed by atoms with van der Waals surface area (Å²) in [7, 11) is -3.94. The second-order valence-corrected chi connectivity index (χ2v) is 12.6. The number of anilines is 1. The van der Waals surface area contributed by atoms with Crippen LogP contribution in [-0.2, 0) is 10.0 Å². The molecule has 5 rings (SSSR count). The van der Waals surface area contributed by atoms with E-state index in [0.29, 0.717) is 33.6 Å². The molecule has 42 heavy (non-hydrogen) atoms. The molecular formula is C32H32F2N2O5S. The highest BCUT2D eigenvalue weighted by Crippen LogP contribution is 2.42. The molecule has 0 radical (unpaired) electrons. The molecule has 1 saturated carbocycles. The molecule has 1 heterocycles. The molecule has 1 aliphatic carbocycles. The zero-order valence-electron chi connectivity index (χ0n) is 23.6. The number of benzene rings is 3. The van der Waals surface area contributed by atoms with Crippen LogP contribution in [0.25, 0.3) is 33.4 Å². The number of sulfonamides is 1. The van der Waals surface area contributed by atoms with Gasteiger partial charge >= 0.3 is 0 Å². The van der Waals surface area contributed by atoms with Crippen molar-refractivity contribution in [1.29, 1.82) is 0 Å². The largest absolute Gasteiger partial charge is 0.455 e. The summed E-state index contributed by atoms with van der Waals surface area (Å²) < 4.78 is 60.2. The topological polar surface area (TPSA) is 96.7 Å². The van der Waals surface area contributed by atoms with E-state index in [2.05, 4.69) is 5.32 Å². The van der Waals surface area contributed by atoms with E-state index >= 15 is 0 Å². The van der Waals surface area contributed by atoms with Crippen LogP contribution in [0.3, 0.4) is 0 Å². The summed E-state index contributed by atoms with van der Waals surface area (Å²) in [5.74, 6) is -0.253. The van der Waals surface area contributed by atoms with Crippen LogP contribution in [0.4, 0.5) is 14.5 Å². The fourth-order valence-corrected chi connectivity index (χ4v) is 6.11. The van der Waals surface area contributed by atoms with Crippen molar-refractivity contribution in [2.45, 2.75) is 39.2 Å². The highest BCUT2D eigenvalue weighted by atomic mass is 32.2. The SMILES string of the molecule is CCC(=O)c1c(-c2ccc(F)cc2)oc2cc(N(CCF)S(C)(=O)=O)c(-c3cccc(C(=O)N[C@@H](C)C4CC4)c3)cc12. The minimum absolute atomic E-state index is 0.0248. The van der Waals surface area contributed by atoms with Crippen LogP contribution >= 0.6 is 0 Å². The van der Waals surface area contributed by atoms with Gasteiger partial charge < -0.3 is 9.73 Å². The number of hydrogen-bond donors (Lipinski definition) is 1. The van der Waals surface area contributed by atoms with E-state index < -0.39 is 29.1 Å². The van der Waals surface area contributed by atoms with Gasteiger partial charge in [-0.15, -0.1) is 0 Å². The van der Waals surface area contributed by atoms with E-state index in [1.165, 1.54) is 30.3 Å². The molecule has 1 amide bonds. The second kappa shape index (κ2) is 11.7. The number of nitrogens with zero attached hydrogens (tertiary/aromatic N) is 1. The molecule has 4 aromatic rings. The van der Waals surface area contributed by atoms with Crippen molar-refractivity contribution >= 4 is 38.4 Å². The number of nitrogens with one attached hydrogen (secondary N) is 1. The first-order chi connectivity index (χ1) is 20.0. The van der Waals surface area contributed by atoms with Gasteiger partial charge in [0.05, 0.1) is 24.1 Å². The van der Waals surface area contributed by atoms with E-state index in [4.69, 9.17) is 4.42 Å². The van der Waals surface area contributed by atoms with Gasteiger partial charge in [0.2, 0.25) is 10.0 Å². The van der Waals surface area contributed by atoms with Crippen molar-refractivity contribution in [1.82, 2.24) is 5.32 Å². The van der Waals surface area contributed by atoms with Gasteiger partial charge in [0.25, 0.3) is 5.91 Å². The summed E-state index contributed by atoms with van der Waals surface area (Å²) in [5.41, 5.74) is 2.36. The molecule has 1 atom stereocenters. The van der Waals surface area contributed by atoms with Gasteiger partial charge in [-0.05, 0) is 73.7 Å². The molecule has 1 aliphatic rings. The number of alkyl halides is 1. The number of rotatable bonds is 11. The van der Waals surface area contributed by atoms with Crippen LogP contribution in [0, 0.1) is 11.7 Å². The number of carbonyl (C=O) groups excluding carboxylic acids is 2. The first-order valence-corrected chi connectivity index (χ1v) is 15.7. The lowest BCUT2D eigenvalue weighted by Gasteiger charge is -2.24. The third kappa shape index (κ3) is 5.94. The highest BCUT2D eigenvalue weighted by molar-refractivity contribution is 7.92. The van der Waals surface area contributed by atoms with Crippen LogP contribution in [0.2, 0.25) is 0 Å². The lowest BCUT2D eigenvalue weighted by atomic mass is 9.95. The van der Waals surface area contributed by atoms with E-state index in [9.17, 15) is 26.8 Å². The molecule has 0 saturated heterocycles. The molecule has 0 bridgehead atoms. The van der Waals surface area contributed by atoms with Crippen LogP contribution in [0.5, 0.6) is 0 Å². The van der Waals surface area contributed by atoms with Crippen molar-refractivity contribution in [2.75, 3.05) is 23.8 Å². The lowest BCUT2D eigenvalue weighted by molar-refractivity contribution is 0.0934. The Kier molecular flexibility index (Phi) is 8.19. The Bertz CT molecular complexity index is 1760. The fourth-order valence-electron chi connectivity index (χ4n) is 5.20. The van der Waals surface area contributed by atoms with Crippen LogP contribution in [0.15, 0.2) is 65.1 Å². The Hall–Kier alpha value is -4.05. The minimum atomic E-state index is -3.94. The minimum Gasteiger partial charge on any atom is -0.455 e. The molecule has 10 heteroatoms. The third-order valence-electron chi connectivity index (χ3n) is 7.59. The van der Waals surface area contributed by atoms with E-state index in [1.807, 2.05) is 6.92 Å². The second-order valence-electron chi connectivity index (χ2n) is 10.7. The molecule has 1 aromatic heterocycles. The number of Topliss-reactive ketones (excluding diaryl/α,β-unsaturated/α-hetero) is 1. The van der Waals surface area contributed by atoms with Gasteiger partial charge in [0.15, 0.2) is 5.78 Å². The van der Waals surface area contributed by atoms with E-state index in [-0.39, 0.29) is 46.7 Å². The average molecular weight is 595 g/mol. The Labute approximate surface area is 243 Å². The molecule has 1 N–H and O–H groups in total. The maximum atomic E-state index is 13.7. The van der Waals surface area contributed by atoms with Crippen LogP contribution < -0.4 is 9.62 Å². The number of hydrogen-bond acceptors (Lipinski definition) is 5. The summed E-state index contributed by atoms with van der Waals surface area (Å²) >= 11 is 0. The molecule has 1 fully saturated rings. The highest BCUT2D eigenvalue weighted by Gasteiger charge is 2.30. The number of ketones is 1. The number of carbonyl (C=O) groups is 2. The maximum absolute atomic E-state index is 13.7. The average Bonchev–Trinajstić information content (AvgIpc) is 3.75. The summed E-state index contributed by atoms with van der Waals surface area (Å²) in [5, 5.41) is 3.45. The number of halogens is 2. The predicted molar refractivity (Wildman–Crippen MR) is 159 cm³/mol. The third-order valence-corrected chi connectivity index (χ3v) is 8.77. The first kappa shape index (κ1) is 29.4. The van der Waals surface area contributed by atoms with E-state index in [0.717, 1.165) is 23.4 Å². The van der Waals surface area contributed by atoms with Gasteiger partial charge in [-0.2, -0.15) is 0 Å². The van der Waals surface area contributed by atoms with Crippen molar-refractivity contribution in [3.63, 3.8) is 0 Å². The normalized spacial score (nSPS) is 14.1. The van der Waals surface area contributed by atoms with Crippen molar-refractivity contribution in [3.8, 4) is 22.5 Å². The zero-order valence-corrected chi connectivity index (χ0v) is 24.4. The summed E-state index contributed by atoms with van der Waals surface area (Å²) in [4.78, 5) is 26.3. The first-order valence-electron chi connectivity index (χ1n) is 13.9. The summed E-state index contributed by atoms with van der Waals surface area (Å²) in [6.45, 7) is 2.30. The summed E-state index contributed by atoms with van der Waals surface area (Å²) in [6, 6.07) is 15.4. The molecule has 220 valence electrons. The van der Waals surface area contributed by atoms with E-state index in [1.54, 1.807) is 37.3 Å². The zero-order chi connectivity index (χ0) is 30.2. The molecule has 0 unspecified atom stereocenters. The van der Waals surface area contributed by atoms with Crippen molar-refractivity contribution < 1.29 is 31.2 Å². The lowest BCUT2D eigenvalue weighted by Crippen LogP contribution is -2.34. The monoisotopic (exact) mass is 594 g/mol. The molecular weight excluding hydrogens is 562 g/mol. The predicted octanol–water partition coefficient (Wildman–Crippen LogP) is 6.76. The van der Waals surface area contributed by atoms with Gasteiger partial charge in [0, 0.05) is 40.6 Å². The number of amides is 1. The Morgan fingerprint density at radius 3 is 2.40 bits per heavy atom. The molecule has 0 aliphatic heterocycles.